The molecular formula is C25H26F2N6O. The van der Waals surface area contributed by atoms with Gasteiger partial charge in [-0.1, -0.05) is 5.16 Å². The van der Waals surface area contributed by atoms with E-state index in [1.165, 1.54) is 24.3 Å². The van der Waals surface area contributed by atoms with Crippen LogP contribution in [-0.2, 0) is 6.54 Å². The minimum absolute atomic E-state index is 0.201. The van der Waals surface area contributed by atoms with Gasteiger partial charge >= 0.3 is 0 Å². The van der Waals surface area contributed by atoms with Crippen molar-refractivity contribution in [1.29, 1.82) is 0 Å². The molecule has 1 saturated heterocycles. The highest BCUT2D eigenvalue weighted by Gasteiger charge is 2.28. The summed E-state index contributed by atoms with van der Waals surface area (Å²) in [5.74, 6) is 2.23. The zero-order valence-electron chi connectivity index (χ0n) is 19.2. The first-order chi connectivity index (χ1) is 16.5. The van der Waals surface area contributed by atoms with E-state index >= 15 is 0 Å². The molecule has 1 aliphatic heterocycles. The first-order valence-corrected chi connectivity index (χ1v) is 11.5. The molecule has 0 amide bonds. The van der Waals surface area contributed by atoms with Crippen molar-refractivity contribution >= 4 is 0 Å². The normalized spacial score (nSPS) is 16.1. The summed E-state index contributed by atoms with van der Waals surface area (Å²) in [5, 5.41) is 8.65. The maximum absolute atomic E-state index is 13.5. The molecule has 5 rings (SSSR count). The summed E-state index contributed by atoms with van der Waals surface area (Å²) < 4.78 is 34.2. The Morgan fingerprint density at radius 3 is 2.15 bits per heavy atom. The van der Waals surface area contributed by atoms with Crippen LogP contribution < -0.4 is 0 Å². The van der Waals surface area contributed by atoms with Crippen LogP contribution in [0.25, 0.3) is 22.8 Å². The number of aryl methyl sites for hydroxylation is 1. The Hall–Kier alpha value is -3.46. The van der Waals surface area contributed by atoms with Crippen molar-refractivity contribution in [3.05, 3.63) is 71.9 Å². The molecule has 0 bridgehead atoms. The van der Waals surface area contributed by atoms with Crippen LogP contribution in [0.1, 0.15) is 37.4 Å². The van der Waals surface area contributed by atoms with Gasteiger partial charge in [-0.3, -0.25) is 4.90 Å². The van der Waals surface area contributed by atoms with Crippen molar-refractivity contribution in [2.24, 2.45) is 0 Å². The molecule has 176 valence electrons. The van der Waals surface area contributed by atoms with Crippen LogP contribution in [0.3, 0.4) is 0 Å². The molecule has 4 aromatic rings. The summed E-state index contributed by atoms with van der Waals surface area (Å²) in [6.07, 6.45) is 1.91. The van der Waals surface area contributed by atoms with Gasteiger partial charge in [-0.05, 0) is 88.3 Å². The summed E-state index contributed by atoms with van der Waals surface area (Å²) in [7, 11) is 0. The zero-order valence-corrected chi connectivity index (χ0v) is 19.2. The van der Waals surface area contributed by atoms with Crippen LogP contribution in [0.4, 0.5) is 8.78 Å². The van der Waals surface area contributed by atoms with Crippen molar-refractivity contribution in [3.8, 4) is 22.8 Å². The van der Waals surface area contributed by atoms with Crippen LogP contribution in [-0.4, -0.2) is 48.9 Å². The second kappa shape index (κ2) is 9.42. The first kappa shape index (κ1) is 22.3. The van der Waals surface area contributed by atoms with Gasteiger partial charge in [0, 0.05) is 23.1 Å². The Morgan fingerprint density at radius 1 is 0.941 bits per heavy atom. The summed E-state index contributed by atoms with van der Waals surface area (Å²) in [6, 6.07) is 12.6. The van der Waals surface area contributed by atoms with E-state index in [9.17, 15) is 8.78 Å². The number of hydrogen-bond donors (Lipinski definition) is 0. The van der Waals surface area contributed by atoms with Gasteiger partial charge in [0.2, 0.25) is 5.89 Å². The first-order valence-electron chi connectivity index (χ1n) is 11.5. The van der Waals surface area contributed by atoms with Gasteiger partial charge < -0.3 is 4.52 Å². The van der Waals surface area contributed by atoms with Gasteiger partial charge in [-0.2, -0.15) is 10.1 Å². The molecule has 9 heteroatoms. The highest BCUT2D eigenvalue weighted by molar-refractivity contribution is 5.61. The van der Waals surface area contributed by atoms with Gasteiger partial charge in [-0.15, -0.1) is 0 Å². The molecule has 0 radical (unpaired) electrons. The number of halogens is 2. The maximum atomic E-state index is 13.5. The second-order valence-electron chi connectivity index (χ2n) is 8.79. The molecule has 3 heterocycles. The Kier molecular flexibility index (Phi) is 6.19. The third kappa shape index (κ3) is 4.75. The lowest BCUT2D eigenvalue weighted by atomic mass is 9.96. The van der Waals surface area contributed by atoms with Crippen molar-refractivity contribution < 1.29 is 13.3 Å². The van der Waals surface area contributed by atoms with Crippen LogP contribution in [0.15, 0.2) is 53.1 Å². The lowest BCUT2D eigenvalue weighted by molar-refractivity contribution is 0.137. The number of hydrogen-bond acceptors (Lipinski definition) is 6. The van der Waals surface area contributed by atoms with Crippen LogP contribution in [0.5, 0.6) is 0 Å². The fraction of sp³-hybridized carbons (Fsp3) is 0.360. The molecule has 0 saturated carbocycles. The van der Waals surface area contributed by atoms with Crippen molar-refractivity contribution in [3.63, 3.8) is 0 Å². The Balaban J connectivity index is 1.35. The molecule has 1 fully saturated rings. The SMILES string of the molecule is Cc1noc(C2CCN(C(C)Cn3nc(-c4ccc(F)cc4)nc3-c3ccc(F)cc3)CC2)n1. The van der Waals surface area contributed by atoms with E-state index in [0.717, 1.165) is 42.9 Å². The molecule has 2 aromatic carbocycles. The lowest BCUT2D eigenvalue weighted by Crippen LogP contribution is -2.41. The highest BCUT2D eigenvalue weighted by Crippen LogP contribution is 2.29. The van der Waals surface area contributed by atoms with Crippen LogP contribution >= 0.6 is 0 Å². The van der Waals surface area contributed by atoms with Crippen LogP contribution in [0, 0.1) is 18.6 Å². The van der Waals surface area contributed by atoms with E-state index in [1.807, 2.05) is 11.6 Å². The fourth-order valence-corrected chi connectivity index (χ4v) is 4.44. The molecule has 34 heavy (non-hydrogen) atoms. The van der Waals surface area contributed by atoms with E-state index < -0.39 is 0 Å². The summed E-state index contributed by atoms with van der Waals surface area (Å²) in [4.78, 5) is 11.5. The molecule has 7 nitrogen and oxygen atoms in total. The summed E-state index contributed by atoms with van der Waals surface area (Å²) in [6.45, 7) is 6.45. The smallest absolute Gasteiger partial charge is 0.229 e. The summed E-state index contributed by atoms with van der Waals surface area (Å²) in [5.41, 5.74) is 1.51. The van der Waals surface area contributed by atoms with E-state index in [2.05, 4.69) is 22.0 Å². The topological polar surface area (TPSA) is 72.9 Å². The number of benzene rings is 2. The number of rotatable bonds is 6. The van der Waals surface area contributed by atoms with E-state index in [1.54, 1.807) is 24.3 Å². The largest absolute Gasteiger partial charge is 0.339 e. The minimum atomic E-state index is -0.311. The molecule has 1 atom stereocenters. The third-order valence-corrected chi connectivity index (χ3v) is 6.36. The number of aromatic nitrogens is 5. The number of nitrogens with zero attached hydrogens (tertiary/aromatic N) is 6. The highest BCUT2D eigenvalue weighted by atomic mass is 19.1. The second-order valence-corrected chi connectivity index (χ2v) is 8.79. The lowest BCUT2D eigenvalue weighted by Gasteiger charge is -2.35. The molecule has 0 aliphatic carbocycles. The predicted octanol–water partition coefficient (Wildman–Crippen LogP) is 4.85. The Labute approximate surface area is 196 Å². The van der Waals surface area contributed by atoms with Crippen molar-refractivity contribution in [2.45, 2.75) is 45.2 Å². The standard InChI is InChI=1S/C25H26F2N6O/c1-16(32-13-11-20(12-14-32)25-28-17(2)31-34-25)15-33-24(19-5-9-22(27)10-6-19)29-23(30-33)18-3-7-21(26)8-4-18/h3-10,16,20H,11-15H2,1-2H3. The zero-order chi connectivity index (χ0) is 23.7. The predicted molar refractivity (Wildman–Crippen MR) is 123 cm³/mol. The summed E-state index contributed by atoms with van der Waals surface area (Å²) >= 11 is 0. The average molecular weight is 465 g/mol. The minimum Gasteiger partial charge on any atom is -0.339 e. The van der Waals surface area contributed by atoms with Gasteiger partial charge in [-0.25, -0.2) is 18.4 Å². The molecule has 1 aliphatic rings. The monoisotopic (exact) mass is 464 g/mol. The number of likely N-dealkylation sites (tertiary alicyclic amines) is 1. The number of piperidine rings is 1. The van der Waals surface area contributed by atoms with Crippen molar-refractivity contribution in [1.82, 2.24) is 29.8 Å². The molecule has 0 spiro atoms. The Morgan fingerprint density at radius 2 is 1.56 bits per heavy atom. The molecule has 2 aromatic heterocycles. The molecular weight excluding hydrogens is 438 g/mol. The van der Waals surface area contributed by atoms with Crippen molar-refractivity contribution in [2.75, 3.05) is 13.1 Å². The van der Waals surface area contributed by atoms with Gasteiger partial charge in [0.25, 0.3) is 0 Å². The van der Waals surface area contributed by atoms with Gasteiger partial charge in [0.15, 0.2) is 17.5 Å². The molecule has 1 unspecified atom stereocenters. The van der Waals surface area contributed by atoms with E-state index in [0.29, 0.717) is 24.0 Å². The van der Waals surface area contributed by atoms with Crippen LogP contribution in [0.2, 0.25) is 0 Å². The van der Waals surface area contributed by atoms with Gasteiger partial charge in [0.05, 0.1) is 6.54 Å². The average Bonchev–Trinajstić information content (AvgIpc) is 3.47. The van der Waals surface area contributed by atoms with Gasteiger partial charge in [0.1, 0.15) is 11.6 Å². The quantitative estimate of drug-likeness (QED) is 0.406. The fourth-order valence-electron chi connectivity index (χ4n) is 4.44. The molecule has 0 N–H and O–H groups in total. The Bertz CT molecular complexity index is 1240. The third-order valence-electron chi connectivity index (χ3n) is 6.36. The van der Waals surface area contributed by atoms with E-state index in [-0.39, 0.29) is 23.6 Å². The van der Waals surface area contributed by atoms with E-state index in [4.69, 9.17) is 14.6 Å². The maximum Gasteiger partial charge on any atom is 0.229 e.